The van der Waals surface area contributed by atoms with E-state index in [9.17, 15) is 19.2 Å². The Labute approximate surface area is 53.7 Å². The normalized spacial score (nSPS) is 10.2. The summed E-state index contributed by atoms with van der Waals surface area (Å²) in [4.78, 5) is 39.0. The third-order valence-corrected chi connectivity index (χ3v) is 3.33. The first kappa shape index (κ1) is 8.90. The van der Waals surface area contributed by atoms with Gasteiger partial charge in [0, 0.05) is 0 Å². The molecule has 5 nitrogen and oxygen atoms in total. The van der Waals surface area contributed by atoms with Gasteiger partial charge in [-0.2, -0.15) is 0 Å². The Balaban J connectivity index is 8.22. The van der Waals surface area contributed by atoms with Gasteiger partial charge < -0.3 is 0 Å². The molecule has 1 N–H and O–H groups in total. The summed E-state index contributed by atoms with van der Waals surface area (Å²) in [7, 11) is 0. The maximum atomic E-state index is 9.76. The first-order valence-electron chi connectivity index (χ1n) is 1.68. The van der Waals surface area contributed by atoms with Crippen molar-refractivity contribution in [2.45, 2.75) is 0 Å². The van der Waals surface area contributed by atoms with Crippen LogP contribution in [0.25, 0.3) is 0 Å². The van der Waals surface area contributed by atoms with Crippen LogP contribution in [-0.4, -0.2) is 21.8 Å². The van der Waals surface area contributed by atoms with Gasteiger partial charge in [-0.05, 0) is 0 Å². The number of hydrogen-bond acceptors (Lipinski definition) is 5. The van der Waals surface area contributed by atoms with Crippen LogP contribution >= 0.6 is 0 Å². The van der Waals surface area contributed by atoms with E-state index in [1.807, 2.05) is 0 Å². The molecule has 0 bridgehead atoms. The SMILES string of the molecule is O=[C]=[Ru+]([OH])(=[C]=O)(=[C]=O)=[C]=O. The number of carbonyl (C=O) groups excluding carboxylic acids is 4. The first-order chi connectivity index (χ1) is 4.54. The molecule has 0 saturated heterocycles. The van der Waals surface area contributed by atoms with E-state index in [1.165, 1.54) is 0 Å². The topological polar surface area (TPSA) is 88.5 Å². The molecule has 0 fully saturated rings. The maximum absolute atomic E-state index is 9.76. The molecule has 0 unspecified atom stereocenters. The molecule has 0 aromatic rings. The van der Waals surface area contributed by atoms with Crippen molar-refractivity contribution in [2.75, 3.05) is 0 Å². The van der Waals surface area contributed by atoms with Crippen molar-refractivity contribution >= 4 is 17.9 Å². The van der Waals surface area contributed by atoms with Crippen LogP contribution in [-0.2, 0) is 31.3 Å². The minimum absolute atomic E-state index is 0.653. The average molecular weight is 230 g/mol. The van der Waals surface area contributed by atoms with Crippen LogP contribution < -0.4 is 0 Å². The summed E-state index contributed by atoms with van der Waals surface area (Å²) < 4.78 is 11.3. The van der Waals surface area contributed by atoms with Crippen molar-refractivity contribution < 1.29 is 35.3 Å². The molecule has 10 heavy (non-hydrogen) atoms. The van der Waals surface area contributed by atoms with Crippen LogP contribution in [0.4, 0.5) is 0 Å². The predicted molar refractivity (Wildman–Crippen MR) is 25.0 cm³/mol. The Morgan fingerprint density at radius 1 is 0.800 bits per heavy atom. The first-order valence-corrected chi connectivity index (χ1v) is 5.94. The van der Waals surface area contributed by atoms with E-state index in [0.717, 1.165) is 0 Å². The van der Waals surface area contributed by atoms with Gasteiger partial charge in [0.1, 0.15) is 0 Å². The van der Waals surface area contributed by atoms with Gasteiger partial charge in [0.25, 0.3) is 0 Å². The van der Waals surface area contributed by atoms with Gasteiger partial charge in [-0.15, -0.1) is 0 Å². The Hall–Kier alpha value is -1.10. The second-order valence-corrected chi connectivity index (χ2v) is 6.72. The molecule has 0 saturated carbocycles. The minimum atomic E-state index is -5.88. The summed E-state index contributed by atoms with van der Waals surface area (Å²) in [5.41, 5.74) is 0. The van der Waals surface area contributed by atoms with Crippen molar-refractivity contribution in [3.8, 4) is 0 Å². The van der Waals surface area contributed by atoms with Gasteiger partial charge in [0.2, 0.25) is 0 Å². The second-order valence-electron chi connectivity index (χ2n) is 1.14. The van der Waals surface area contributed by atoms with Gasteiger partial charge in [-0.3, -0.25) is 0 Å². The van der Waals surface area contributed by atoms with Gasteiger partial charge in [-0.25, -0.2) is 0 Å². The van der Waals surface area contributed by atoms with Crippen molar-refractivity contribution in [1.82, 2.24) is 0 Å². The van der Waals surface area contributed by atoms with Crippen LogP contribution in [0.3, 0.4) is 0 Å². The number of rotatable bonds is 0. The molecule has 0 heterocycles. The predicted octanol–water partition coefficient (Wildman–Crippen LogP) is -2.15. The molecule has 0 spiro atoms. The van der Waals surface area contributed by atoms with Crippen molar-refractivity contribution in [1.29, 1.82) is 0 Å². The van der Waals surface area contributed by atoms with E-state index in [2.05, 4.69) is 0 Å². The zero-order valence-corrected chi connectivity index (χ0v) is 6.17. The van der Waals surface area contributed by atoms with Crippen molar-refractivity contribution in [3.05, 3.63) is 0 Å². The summed E-state index contributed by atoms with van der Waals surface area (Å²) >= 11 is -5.88. The fourth-order valence-corrected chi connectivity index (χ4v) is 0.523. The van der Waals surface area contributed by atoms with E-state index in [4.69, 9.17) is 3.93 Å². The third kappa shape index (κ3) is 1.08. The molecular formula is C4HO5Ru+. The van der Waals surface area contributed by atoms with Crippen molar-refractivity contribution in [2.24, 2.45) is 0 Å². The van der Waals surface area contributed by atoms with Gasteiger partial charge >= 0.3 is 53.2 Å². The molecule has 0 aromatic heterocycles. The standard InChI is InChI=1S/4CO.H2O.Ru/c4*1-2;;/h;;;;1H2;/q;;;;;+2/p-1. The summed E-state index contributed by atoms with van der Waals surface area (Å²) in [5, 5.41) is 0. The monoisotopic (exact) mass is 231 g/mol. The van der Waals surface area contributed by atoms with E-state index < -0.39 is 12.2 Å². The quantitative estimate of drug-likeness (QED) is 0.479. The molecule has 0 aliphatic rings. The summed E-state index contributed by atoms with van der Waals surface area (Å²) in [6.07, 6.45) is 0. The molecule has 0 aliphatic carbocycles. The zero-order chi connectivity index (χ0) is 8.28. The Bertz CT molecular complexity index is 450. The summed E-state index contributed by atoms with van der Waals surface area (Å²) in [6, 6.07) is 0. The molecule has 0 aliphatic heterocycles. The summed E-state index contributed by atoms with van der Waals surface area (Å²) in [6.45, 7) is 0. The fraction of sp³-hybridized carbons (Fsp3) is 0. The molecule has 0 atom stereocenters. The molecule has 6 heteroatoms. The van der Waals surface area contributed by atoms with Crippen LogP contribution in [0.5, 0.6) is 0 Å². The van der Waals surface area contributed by atoms with E-state index in [-0.39, 0.29) is 0 Å². The van der Waals surface area contributed by atoms with E-state index >= 15 is 0 Å². The van der Waals surface area contributed by atoms with E-state index in [1.54, 1.807) is 0 Å². The summed E-state index contributed by atoms with van der Waals surface area (Å²) in [5.74, 6) is 0. The molecule has 54 valence electrons. The van der Waals surface area contributed by atoms with Gasteiger partial charge in [-0.1, -0.05) is 0 Å². The van der Waals surface area contributed by atoms with Gasteiger partial charge in [0.15, 0.2) is 0 Å². The Morgan fingerprint density at radius 2 is 1.00 bits per heavy atom. The van der Waals surface area contributed by atoms with E-state index in [0.29, 0.717) is 17.9 Å². The average Bonchev–Trinajstić information content (AvgIpc) is 2.04. The second kappa shape index (κ2) is 2.26. The Morgan fingerprint density at radius 3 is 1.00 bits per heavy atom. The van der Waals surface area contributed by atoms with Crippen LogP contribution in [0.1, 0.15) is 0 Å². The Kier molecular flexibility index (Phi) is 2.01. The van der Waals surface area contributed by atoms with Crippen LogP contribution in [0.15, 0.2) is 0 Å². The van der Waals surface area contributed by atoms with Crippen LogP contribution in [0.2, 0.25) is 0 Å². The molecule has 0 rings (SSSR count). The molecule has 0 aromatic carbocycles. The zero-order valence-electron chi connectivity index (χ0n) is 4.43. The van der Waals surface area contributed by atoms with Gasteiger partial charge in [0.05, 0.1) is 0 Å². The molecule has 0 amide bonds. The third-order valence-electron chi connectivity index (χ3n) is 0.562. The van der Waals surface area contributed by atoms with Crippen molar-refractivity contribution in [3.63, 3.8) is 0 Å². The molecule has 0 radical (unpaired) electrons. The fourth-order valence-electron chi connectivity index (χ4n) is 0.0884. The number of hydrogen-bond donors (Lipinski definition) is 1. The molecular weight excluding hydrogens is 229 g/mol. The van der Waals surface area contributed by atoms with Crippen LogP contribution in [0, 0.1) is 0 Å².